The van der Waals surface area contributed by atoms with Crippen LogP contribution in [0.1, 0.15) is 17.2 Å². The summed E-state index contributed by atoms with van der Waals surface area (Å²) in [4.78, 5) is 22.7. The lowest BCUT2D eigenvalue weighted by Gasteiger charge is -2.16. The fourth-order valence-electron chi connectivity index (χ4n) is 2.59. The highest BCUT2D eigenvalue weighted by molar-refractivity contribution is 7.99. The third-order valence-corrected chi connectivity index (χ3v) is 5.51. The van der Waals surface area contributed by atoms with E-state index in [-0.39, 0.29) is 20.6 Å². The minimum Gasteiger partial charge on any atom is -0.369 e. The maximum absolute atomic E-state index is 13.3. The van der Waals surface area contributed by atoms with Crippen LogP contribution in [0.15, 0.2) is 58.5 Å². The predicted octanol–water partition coefficient (Wildman–Crippen LogP) is 4.60. The van der Waals surface area contributed by atoms with Crippen LogP contribution in [0.3, 0.4) is 0 Å². The van der Waals surface area contributed by atoms with Crippen molar-refractivity contribution < 1.29 is 14.1 Å². The molecule has 0 aliphatic rings. The van der Waals surface area contributed by atoms with Crippen LogP contribution in [0.4, 0.5) is 10.1 Å². The molecule has 0 aliphatic heterocycles. The zero-order valence-corrected chi connectivity index (χ0v) is 16.7. The normalized spacial score (nSPS) is 11.8. The number of carbonyl (C=O) groups is 1. The first-order valence-electron chi connectivity index (χ1n) is 7.96. The number of nitro groups is 1. The van der Waals surface area contributed by atoms with Gasteiger partial charge < -0.3 is 5.73 Å². The molecule has 3 aromatic rings. The Hall–Kier alpha value is -2.75. The van der Waals surface area contributed by atoms with E-state index >= 15 is 0 Å². The van der Waals surface area contributed by atoms with Gasteiger partial charge in [-0.1, -0.05) is 41.0 Å². The van der Waals surface area contributed by atoms with Gasteiger partial charge in [0.15, 0.2) is 0 Å². The second-order valence-electron chi connectivity index (χ2n) is 5.74. The van der Waals surface area contributed by atoms with Crippen molar-refractivity contribution in [1.82, 2.24) is 10.2 Å². The lowest BCUT2D eigenvalue weighted by molar-refractivity contribution is -0.387. The Morgan fingerprint density at radius 3 is 2.38 bits per heavy atom. The molecule has 1 unspecified atom stereocenters. The Balaban J connectivity index is 1.94. The van der Waals surface area contributed by atoms with Gasteiger partial charge >= 0.3 is 0 Å². The van der Waals surface area contributed by atoms with Gasteiger partial charge in [0, 0.05) is 15.6 Å². The van der Waals surface area contributed by atoms with Crippen molar-refractivity contribution in [2.75, 3.05) is 0 Å². The van der Waals surface area contributed by atoms with Crippen LogP contribution in [0, 0.1) is 15.9 Å². The fourth-order valence-corrected chi connectivity index (χ4v) is 4.03. The predicted molar refractivity (Wildman–Crippen MR) is 107 cm³/mol. The number of nitrogens with zero attached hydrogens (tertiary/aromatic N) is 3. The lowest BCUT2D eigenvalue weighted by Crippen LogP contribution is -2.24. The number of aromatic nitrogens is 2. The average molecular weight is 453 g/mol. The van der Waals surface area contributed by atoms with Gasteiger partial charge in [0.1, 0.15) is 16.8 Å². The molecule has 1 atom stereocenters. The van der Waals surface area contributed by atoms with E-state index in [0.717, 1.165) is 23.9 Å². The second-order valence-corrected chi connectivity index (χ2v) is 7.61. The summed E-state index contributed by atoms with van der Waals surface area (Å²) in [7, 11) is 0. The van der Waals surface area contributed by atoms with Crippen LogP contribution in [0.5, 0.6) is 0 Å². The smallest absolute Gasteiger partial charge is 0.286 e. The first-order chi connectivity index (χ1) is 13.8. The summed E-state index contributed by atoms with van der Waals surface area (Å²) in [6.45, 7) is 0. The highest BCUT2D eigenvalue weighted by Crippen LogP contribution is 2.37. The summed E-state index contributed by atoms with van der Waals surface area (Å²) in [5, 5.41) is 19.9. The number of amides is 1. The molecule has 0 aliphatic carbocycles. The fraction of sp³-hybridized carbons (Fsp3) is 0.0556. The molecular weight excluding hydrogens is 442 g/mol. The van der Waals surface area contributed by atoms with Crippen molar-refractivity contribution in [2.45, 2.75) is 15.8 Å². The summed E-state index contributed by atoms with van der Waals surface area (Å²) in [5.74, 6) is -2.46. The molecule has 0 saturated heterocycles. The molecule has 1 amide bonds. The summed E-state index contributed by atoms with van der Waals surface area (Å²) < 4.78 is 13.3. The lowest BCUT2D eigenvalue weighted by atomic mass is 9.94. The molecule has 0 radical (unpaired) electrons. The second kappa shape index (κ2) is 8.73. The molecule has 3 rings (SSSR count). The monoisotopic (exact) mass is 452 g/mol. The van der Waals surface area contributed by atoms with E-state index in [1.54, 1.807) is 18.2 Å². The molecule has 29 heavy (non-hydrogen) atoms. The number of benzene rings is 2. The van der Waals surface area contributed by atoms with E-state index in [4.69, 9.17) is 28.9 Å². The molecule has 0 spiro atoms. The van der Waals surface area contributed by atoms with Gasteiger partial charge in [0.2, 0.25) is 5.91 Å². The van der Waals surface area contributed by atoms with Crippen LogP contribution >= 0.6 is 35.0 Å². The van der Waals surface area contributed by atoms with E-state index in [1.807, 2.05) is 0 Å². The van der Waals surface area contributed by atoms with Crippen molar-refractivity contribution in [1.29, 1.82) is 0 Å². The van der Waals surface area contributed by atoms with Crippen LogP contribution in [0.2, 0.25) is 10.0 Å². The standard InChI is InChI=1S/C18H11Cl2FN4O3S/c19-10-2-1-3-11(20)16(10)17(18(22)26)12-5-7-15(24-23-12)29-14-6-4-9(21)8-13(14)25(27)28/h1-8,17H,(H2,22,26). The summed E-state index contributed by atoms with van der Waals surface area (Å²) >= 11 is 13.3. The van der Waals surface area contributed by atoms with E-state index < -0.39 is 28.3 Å². The quantitative estimate of drug-likeness (QED) is 0.431. The number of rotatable bonds is 6. The summed E-state index contributed by atoms with van der Waals surface area (Å²) in [5.41, 5.74) is 5.66. The Kier molecular flexibility index (Phi) is 6.31. The van der Waals surface area contributed by atoms with Gasteiger partial charge in [-0.2, -0.15) is 5.10 Å². The number of halogens is 3. The Labute approximate surface area is 178 Å². The van der Waals surface area contributed by atoms with Gasteiger partial charge in [-0.15, -0.1) is 5.10 Å². The van der Waals surface area contributed by atoms with E-state index in [2.05, 4.69) is 10.2 Å². The minimum absolute atomic E-state index is 0.194. The largest absolute Gasteiger partial charge is 0.369 e. The van der Waals surface area contributed by atoms with Crippen LogP contribution in [0.25, 0.3) is 0 Å². The van der Waals surface area contributed by atoms with Gasteiger partial charge in [0.05, 0.1) is 21.6 Å². The number of hydrogen-bond donors (Lipinski definition) is 1. The van der Waals surface area contributed by atoms with Crippen LogP contribution in [-0.4, -0.2) is 21.0 Å². The highest BCUT2D eigenvalue weighted by Gasteiger charge is 2.27. The molecule has 148 valence electrons. The van der Waals surface area contributed by atoms with E-state index in [1.165, 1.54) is 18.2 Å². The topological polar surface area (TPSA) is 112 Å². The molecular formula is C18H11Cl2FN4O3S. The van der Waals surface area contributed by atoms with Crippen molar-refractivity contribution in [3.63, 3.8) is 0 Å². The SMILES string of the molecule is NC(=O)C(c1ccc(Sc2ccc(F)cc2[N+](=O)[O-])nn1)c1c(Cl)cccc1Cl. The van der Waals surface area contributed by atoms with Crippen molar-refractivity contribution in [3.05, 3.63) is 85.8 Å². The third-order valence-electron chi connectivity index (χ3n) is 3.86. The molecule has 2 aromatic carbocycles. The summed E-state index contributed by atoms with van der Waals surface area (Å²) in [6, 6.07) is 11.0. The van der Waals surface area contributed by atoms with Gasteiger partial charge in [-0.25, -0.2) is 4.39 Å². The molecule has 11 heteroatoms. The first-order valence-corrected chi connectivity index (χ1v) is 9.54. The maximum Gasteiger partial charge on any atom is 0.286 e. The zero-order chi connectivity index (χ0) is 21.1. The number of carbonyl (C=O) groups excluding carboxylic acids is 1. The maximum atomic E-state index is 13.3. The van der Waals surface area contributed by atoms with Crippen LogP contribution < -0.4 is 5.73 Å². The highest BCUT2D eigenvalue weighted by atomic mass is 35.5. The third kappa shape index (κ3) is 4.64. The minimum atomic E-state index is -1.03. The number of hydrogen-bond acceptors (Lipinski definition) is 6. The van der Waals surface area contributed by atoms with Crippen molar-refractivity contribution in [3.8, 4) is 0 Å². The van der Waals surface area contributed by atoms with E-state index in [9.17, 15) is 19.3 Å². The Bertz CT molecular complexity index is 1080. The molecule has 1 heterocycles. The molecule has 0 fully saturated rings. The summed E-state index contributed by atoms with van der Waals surface area (Å²) in [6.07, 6.45) is 0. The molecule has 0 bridgehead atoms. The van der Waals surface area contributed by atoms with Gasteiger partial charge in [-0.05, 0) is 36.4 Å². The number of primary amides is 1. The van der Waals surface area contributed by atoms with Gasteiger partial charge in [0.25, 0.3) is 5.69 Å². The first kappa shape index (κ1) is 21.0. The molecule has 7 nitrogen and oxygen atoms in total. The molecule has 1 aromatic heterocycles. The van der Waals surface area contributed by atoms with Gasteiger partial charge in [-0.3, -0.25) is 14.9 Å². The van der Waals surface area contributed by atoms with Crippen molar-refractivity contribution >= 4 is 46.6 Å². The van der Waals surface area contributed by atoms with E-state index in [0.29, 0.717) is 10.6 Å². The molecule has 2 N–H and O–H groups in total. The number of nitrogens with two attached hydrogens (primary N) is 1. The Morgan fingerprint density at radius 2 is 1.83 bits per heavy atom. The Morgan fingerprint density at radius 1 is 1.14 bits per heavy atom. The van der Waals surface area contributed by atoms with Crippen LogP contribution in [-0.2, 0) is 4.79 Å². The number of nitro benzene ring substituents is 1. The zero-order valence-electron chi connectivity index (χ0n) is 14.4. The van der Waals surface area contributed by atoms with Crippen molar-refractivity contribution in [2.24, 2.45) is 5.73 Å². The molecule has 0 saturated carbocycles. The average Bonchev–Trinajstić information content (AvgIpc) is 2.66.